The molecular formula is C14H20N2. The second-order valence-electron chi connectivity index (χ2n) is 4.56. The van der Waals surface area contributed by atoms with E-state index in [4.69, 9.17) is 6.42 Å². The minimum absolute atomic E-state index is 0.146. The Kier molecular flexibility index (Phi) is 4.52. The SMILES string of the molecule is C#C/C=C/N=C(C=C)C1(C)CCN(C)CC1. The van der Waals surface area contributed by atoms with E-state index in [1.807, 2.05) is 6.08 Å². The molecule has 0 unspecified atom stereocenters. The summed E-state index contributed by atoms with van der Waals surface area (Å²) < 4.78 is 0. The van der Waals surface area contributed by atoms with Gasteiger partial charge in [0, 0.05) is 23.4 Å². The minimum atomic E-state index is 0.146. The third-order valence-electron chi connectivity index (χ3n) is 3.29. The number of likely N-dealkylation sites (tertiary alicyclic amines) is 1. The molecule has 1 rings (SSSR count). The quantitative estimate of drug-likeness (QED) is 0.523. The van der Waals surface area contributed by atoms with Gasteiger partial charge in [0.2, 0.25) is 0 Å². The Morgan fingerprint density at radius 3 is 2.62 bits per heavy atom. The van der Waals surface area contributed by atoms with E-state index in [0.29, 0.717) is 0 Å². The maximum Gasteiger partial charge on any atom is 0.0457 e. The fraction of sp³-hybridized carbons (Fsp3) is 0.500. The third-order valence-corrected chi connectivity index (χ3v) is 3.29. The van der Waals surface area contributed by atoms with Gasteiger partial charge in [-0.05, 0) is 39.1 Å². The zero-order chi connectivity index (χ0) is 12.0. The highest BCUT2D eigenvalue weighted by atomic mass is 15.1. The van der Waals surface area contributed by atoms with Crippen molar-refractivity contribution in [2.24, 2.45) is 10.4 Å². The first-order valence-electron chi connectivity index (χ1n) is 5.63. The minimum Gasteiger partial charge on any atom is -0.306 e. The van der Waals surface area contributed by atoms with Gasteiger partial charge in [0.25, 0.3) is 0 Å². The van der Waals surface area contributed by atoms with Crippen molar-refractivity contribution in [3.63, 3.8) is 0 Å². The maximum atomic E-state index is 5.15. The van der Waals surface area contributed by atoms with Gasteiger partial charge in [0.1, 0.15) is 0 Å². The van der Waals surface area contributed by atoms with E-state index in [1.165, 1.54) is 0 Å². The number of hydrogen-bond donors (Lipinski definition) is 0. The first-order valence-corrected chi connectivity index (χ1v) is 5.63. The Labute approximate surface area is 98.8 Å². The largest absolute Gasteiger partial charge is 0.306 e. The molecule has 0 N–H and O–H groups in total. The summed E-state index contributed by atoms with van der Waals surface area (Å²) in [5.41, 5.74) is 1.19. The van der Waals surface area contributed by atoms with Gasteiger partial charge in [0.05, 0.1) is 0 Å². The molecule has 2 nitrogen and oxygen atoms in total. The zero-order valence-electron chi connectivity index (χ0n) is 10.2. The lowest BCUT2D eigenvalue weighted by Gasteiger charge is -2.37. The smallest absolute Gasteiger partial charge is 0.0457 e. The summed E-state index contributed by atoms with van der Waals surface area (Å²) >= 11 is 0. The molecule has 0 aromatic carbocycles. The monoisotopic (exact) mass is 216 g/mol. The van der Waals surface area contributed by atoms with Gasteiger partial charge in [-0.2, -0.15) is 0 Å². The Balaban J connectivity index is 2.80. The maximum absolute atomic E-state index is 5.15. The van der Waals surface area contributed by atoms with Crippen LogP contribution < -0.4 is 0 Å². The van der Waals surface area contributed by atoms with Crippen LogP contribution in [0.1, 0.15) is 19.8 Å². The highest BCUT2D eigenvalue weighted by Gasteiger charge is 2.32. The number of aliphatic imine (C=N–C) groups is 1. The molecule has 2 heteroatoms. The van der Waals surface area contributed by atoms with Gasteiger partial charge in [-0.1, -0.05) is 19.4 Å². The summed E-state index contributed by atoms with van der Waals surface area (Å²) in [6.45, 7) is 8.33. The molecule has 1 heterocycles. The standard InChI is InChI=1S/C14H20N2/c1-5-7-10-15-13(6-2)14(3)8-11-16(4)12-9-14/h1,6-7,10H,2,8-9,11-12H2,3-4H3/b10-7+,15-13?. The first-order chi connectivity index (χ1) is 7.62. The van der Waals surface area contributed by atoms with Gasteiger partial charge < -0.3 is 4.90 Å². The normalized spacial score (nSPS) is 21.9. The van der Waals surface area contributed by atoms with Crippen molar-refractivity contribution >= 4 is 5.71 Å². The van der Waals surface area contributed by atoms with Crippen LogP contribution in [-0.2, 0) is 0 Å². The molecule has 16 heavy (non-hydrogen) atoms. The number of piperidine rings is 1. The van der Waals surface area contributed by atoms with Crippen molar-refractivity contribution in [1.29, 1.82) is 0 Å². The lowest BCUT2D eigenvalue weighted by Crippen LogP contribution is -2.40. The molecular weight excluding hydrogens is 196 g/mol. The van der Waals surface area contributed by atoms with Gasteiger partial charge >= 0.3 is 0 Å². The molecule has 0 spiro atoms. The van der Waals surface area contributed by atoms with Crippen LogP contribution in [0.3, 0.4) is 0 Å². The average Bonchev–Trinajstić information content (AvgIpc) is 2.29. The van der Waals surface area contributed by atoms with Crippen LogP contribution in [-0.4, -0.2) is 30.7 Å². The Morgan fingerprint density at radius 2 is 2.12 bits per heavy atom. The molecule has 0 amide bonds. The van der Waals surface area contributed by atoms with E-state index < -0.39 is 0 Å². The number of allylic oxidation sites excluding steroid dienone is 2. The third kappa shape index (κ3) is 3.08. The summed E-state index contributed by atoms with van der Waals surface area (Å²) in [6.07, 6.45) is 12.5. The van der Waals surface area contributed by atoms with Crippen molar-refractivity contribution in [1.82, 2.24) is 4.90 Å². The van der Waals surface area contributed by atoms with Crippen molar-refractivity contribution in [3.05, 3.63) is 24.9 Å². The van der Waals surface area contributed by atoms with Gasteiger partial charge in [0.15, 0.2) is 0 Å². The summed E-state index contributed by atoms with van der Waals surface area (Å²) in [5.74, 6) is 2.44. The summed E-state index contributed by atoms with van der Waals surface area (Å²) in [6, 6.07) is 0. The van der Waals surface area contributed by atoms with Crippen molar-refractivity contribution in [2.75, 3.05) is 20.1 Å². The number of hydrogen-bond acceptors (Lipinski definition) is 2. The zero-order valence-corrected chi connectivity index (χ0v) is 10.2. The van der Waals surface area contributed by atoms with Crippen LogP contribution in [0.4, 0.5) is 0 Å². The molecule has 0 atom stereocenters. The van der Waals surface area contributed by atoms with Gasteiger partial charge in [-0.15, -0.1) is 6.42 Å². The van der Waals surface area contributed by atoms with E-state index >= 15 is 0 Å². The molecule has 0 radical (unpaired) electrons. The number of rotatable bonds is 3. The first kappa shape index (κ1) is 12.7. The summed E-state index contributed by atoms with van der Waals surface area (Å²) in [5, 5.41) is 0. The lowest BCUT2D eigenvalue weighted by molar-refractivity contribution is 0.195. The van der Waals surface area contributed by atoms with Gasteiger partial charge in [-0.3, -0.25) is 4.99 Å². The molecule has 1 saturated heterocycles. The molecule has 0 saturated carbocycles. The fourth-order valence-corrected chi connectivity index (χ4v) is 1.98. The molecule has 1 aliphatic rings. The van der Waals surface area contributed by atoms with Crippen LogP contribution in [0.25, 0.3) is 0 Å². The number of terminal acetylenes is 1. The average molecular weight is 216 g/mol. The van der Waals surface area contributed by atoms with Crippen molar-refractivity contribution in [3.8, 4) is 12.3 Å². The number of nitrogens with zero attached hydrogens (tertiary/aromatic N) is 2. The fourth-order valence-electron chi connectivity index (χ4n) is 1.98. The van der Waals surface area contributed by atoms with Crippen molar-refractivity contribution < 1.29 is 0 Å². The molecule has 86 valence electrons. The Morgan fingerprint density at radius 1 is 1.50 bits per heavy atom. The van der Waals surface area contributed by atoms with Crippen LogP contribution in [0.5, 0.6) is 0 Å². The van der Waals surface area contributed by atoms with Gasteiger partial charge in [-0.25, -0.2) is 0 Å². The molecule has 0 bridgehead atoms. The highest BCUT2D eigenvalue weighted by Crippen LogP contribution is 2.32. The van der Waals surface area contributed by atoms with E-state index in [1.54, 1.807) is 12.3 Å². The lowest BCUT2D eigenvalue weighted by atomic mass is 9.76. The van der Waals surface area contributed by atoms with Crippen LogP contribution in [0.2, 0.25) is 0 Å². The second kappa shape index (κ2) is 5.67. The predicted molar refractivity (Wildman–Crippen MR) is 70.4 cm³/mol. The van der Waals surface area contributed by atoms with Crippen molar-refractivity contribution in [2.45, 2.75) is 19.8 Å². The van der Waals surface area contributed by atoms with E-state index in [0.717, 1.165) is 31.6 Å². The van der Waals surface area contributed by atoms with Crippen LogP contribution >= 0.6 is 0 Å². The van der Waals surface area contributed by atoms with E-state index in [-0.39, 0.29) is 5.41 Å². The summed E-state index contributed by atoms with van der Waals surface area (Å²) in [7, 11) is 2.16. The topological polar surface area (TPSA) is 15.6 Å². The molecule has 0 aromatic rings. The Bertz CT molecular complexity index is 336. The summed E-state index contributed by atoms with van der Waals surface area (Å²) in [4.78, 5) is 6.76. The van der Waals surface area contributed by atoms with Crippen LogP contribution in [0, 0.1) is 17.8 Å². The second-order valence-corrected chi connectivity index (χ2v) is 4.56. The molecule has 0 aliphatic carbocycles. The highest BCUT2D eigenvalue weighted by molar-refractivity contribution is 5.99. The predicted octanol–water partition coefficient (Wildman–Crippen LogP) is 2.49. The molecule has 0 aromatic heterocycles. The van der Waals surface area contributed by atoms with E-state index in [9.17, 15) is 0 Å². The van der Waals surface area contributed by atoms with Crippen LogP contribution in [0.15, 0.2) is 29.9 Å². The Hall–Kier alpha value is -1.33. The molecule has 1 fully saturated rings. The molecule has 1 aliphatic heterocycles. The van der Waals surface area contributed by atoms with E-state index in [2.05, 4.69) is 36.4 Å².